The molecule has 2 aromatic rings. The van der Waals surface area contributed by atoms with Crippen molar-refractivity contribution in [3.8, 4) is 5.75 Å². The van der Waals surface area contributed by atoms with Crippen LogP contribution in [0, 0.1) is 13.8 Å². The molecule has 2 aromatic carbocycles. The summed E-state index contributed by atoms with van der Waals surface area (Å²) in [4.78, 5) is 1.45. The Bertz CT molecular complexity index is 696. The van der Waals surface area contributed by atoms with Crippen LogP contribution in [0.4, 0.5) is 24.5 Å². The van der Waals surface area contributed by atoms with Crippen LogP contribution in [0.1, 0.15) is 18.1 Å². The van der Waals surface area contributed by atoms with Gasteiger partial charge in [0.1, 0.15) is 5.75 Å². The average Bonchev–Trinajstić information content (AvgIpc) is 2.51. The molecule has 0 radical (unpaired) electrons. The summed E-state index contributed by atoms with van der Waals surface area (Å²) in [5.41, 5.74) is 2.91. The van der Waals surface area contributed by atoms with E-state index in [9.17, 15) is 18.3 Å². The summed E-state index contributed by atoms with van der Waals surface area (Å²) in [6, 6.07) is 12.4. The summed E-state index contributed by atoms with van der Waals surface area (Å²) in [5.74, 6) is 0.471. The number of hydrogen-bond acceptors (Lipinski definition) is 3. The predicted molar refractivity (Wildman–Crippen MR) is 92.6 cm³/mol. The highest BCUT2D eigenvalue weighted by Crippen LogP contribution is 2.36. The Hall–Kier alpha value is -2.21. The van der Waals surface area contributed by atoms with E-state index < -0.39 is 18.8 Å². The maximum Gasteiger partial charge on any atom is 0.416 e. The summed E-state index contributed by atoms with van der Waals surface area (Å²) >= 11 is 0. The summed E-state index contributed by atoms with van der Waals surface area (Å²) in [5, 5.41) is 9.63. The number of halogens is 3. The third-order valence-electron chi connectivity index (χ3n) is 3.71. The Morgan fingerprint density at radius 3 is 2.24 bits per heavy atom. The highest BCUT2D eigenvalue weighted by molar-refractivity contribution is 5.70. The van der Waals surface area contributed by atoms with Crippen molar-refractivity contribution in [2.24, 2.45) is 0 Å². The first kappa shape index (κ1) is 19.1. The van der Waals surface area contributed by atoms with Crippen molar-refractivity contribution in [3.63, 3.8) is 0 Å². The van der Waals surface area contributed by atoms with Crippen LogP contribution in [0.5, 0.6) is 5.75 Å². The number of rotatable bonds is 6. The molecule has 1 N–H and O–H groups in total. The lowest BCUT2D eigenvalue weighted by Crippen LogP contribution is -2.39. The standard InChI is InChI=1S/C19H22F3NO2/c1-4-25-17-8-6-5-7-16(17)23(12-18(24)19(20,21)22)15-10-13(2)9-14(3)11-15/h5-11,18,24H,4,12H2,1-3H3. The van der Waals surface area contributed by atoms with Crippen LogP contribution in [-0.4, -0.2) is 30.5 Å². The van der Waals surface area contributed by atoms with Gasteiger partial charge >= 0.3 is 6.18 Å². The van der Waals surface area contributed by atoms with E-state index in [2.05, 4.69) is 0 Å². The van der Waals surface area contributed by atoms with Gasteiger partial charge in [0.25, 0.3) is 0 Å². The number of aryl methyl sites for hydroxylation is 2. The third kappa shape index (κ3) is 4.89. The molecule has 25 heavy (non-hydrogen) atoms. The number of benzene rings is 2. The minimum atomic E-state index is -4.70. The summed E-state index contributed by atoms with van der Waals surface area (Å²) < 4.78 is 44.4. The molecule has 0 aliphatic rings. The second-order valence-electron chi connectivity index (χ2n) is 5.91. The molecule has 0 saturated heterocycles. The van der Waals surface area contributed by atoms with Gasteiger partial charge in [-0.25, -0.2) is 0 Å². The number of nitrogens with zero attached hydrogens (tertiary/aromatic N) is 1. The van der Waals surface area contributed by atoms with E-state index in [1.807, 2.05) is 26.8 Å². The van der Waals surface area contributed by atoms with Crippen molar-refractivity contribution in [2.45, 2.75) is 33.1 Å². The zero-order chi connectivity index (χ0) is 18.6. The van der Waals surface area contributed by atoms with Gasteiger partial charge in [-0.1, -0.05) is 18.2 Å². The molecule has 0 aliphatic carbocycles. The van der Waals surface area contributed by atoms with E-state index in [4.69, 9.17) is 4.74 Å². The molecular formula is C19H22F3NO2. The maximum absolute atomic E-state index is 12.9. The molecule has 0 spiro atoms. The number of ether oxygens (including phenoxy) is 1. The molecule has 6 heteroatoms. The highest BCUT2D eigenvalue weighted by Gasteiger charge is 2.39. The van der Waals surface area contributed by atoms with Crippen LogP contribution in [0.15, 0.2) is 42.5 Å². The fraction of sp³-hybridized carbons (Fsp3) is 0.368. The van der Waals surface area contributed by atoms with Gasteiger partial charge in [-0.05, 0) is 56.2 Å². The molecule has 0 amide bonds. The van der Waals surface area contributed by atoms with Crippen LogP contribution < -0.4 is 9.64 Å². The van der Waals surface area contributed by atoms with Crippen molar-refractivity contribution in [3.05, 3.63) is 53.6 Å². The Morgan fingerprint density at radius 2 is 1.68 bits per heavy atom. The van der Waals surface area contributed by atoms with E-state index in [-0.39, 0.29) is 0 Å². The first-order valence-electron chi connectivity index (χ1n) is 8.04. The zero-order valence-electron chi connectivity index (χ0n) is 14.5. The summed E-state index contributed by atoms with van der Waals surface area (Å²) in [6.45, 7) is 5.34. The van der Waals surface area contributed by atoms with Crippen LogP contribution in [0.2, 0.25) is 0 Å². The highest BCUT2D eigenvalue weighted by atomic mass is 19.4. The summed E-state index contributed by atoms with van der Waals surface area (Å²) in [7, 11) is 0. The van der Waals surface area contributed by atoms with Crippen molar-refractivity contribution in [1.82, 2.24) is 0 Å². The van der Waals surface area contributed by atoms with Gasteiger partial charge in [-0.3, -0.25) is 0 Å². The Balaban J connectivity index is 2.52. The van der Waals surface area contributed by atoms with E-state index in [1.54, 1.807) is 36.4 Å². The molecule has 1 atom stereocenters. The first-order valence-corrected chi connectivity index (χ1v) is 8.04. The van der Waals surface area contributed by atoms with E-state index in [1.165, 1.54) is 4.90 Å². The van der Waals surface area contributed by atoms with Gasteiger partial charge < -0.3 is 14.7 Å². The second-order valence-corrected chi connectivity index (χ2v) is 5.91. The Morgan fingerprint density at radius 1 is 1.08 bits per heavy atom. The van der Waals surface area contributed by atoms with Gasteiger partial charge in [-0.2, -0.15) is 13.2 Å². The van der Waals surface area contributed by atoms with Crippen molar-refractivity contribution < 1.29 is 23.0 Å². The fourth-order valence-electron chi connectivity index (χ4n) is 2.68. The van der Waals surface area contributed by atoms with Gasteiger partial charge in [0, 0.05) is 5.69 Å². The molecule has 1 unspecified atom stereocenters. The second kappa shape index (κ2) is 7.78. The van der Waals surface area contributed by atoms with Crippen molar-refractivity contribution >= 4 is 11.4 Å². The maximum atomic E-state index is 12.9. The topological polar surface area (TPSA) is 32.7 Å². The van der Waals surface area contributed by atoms with Gasteiger partial charge in [-0.15, -0.1) is 0 Å². The van der Waals surface area contributed by atoms with Crippen LogP contribution in [-0.2, 0) is 0 Å². The number of alkyl halides is 3. The monoisotopic (exact) mass is 353 g/mol. The predicted octanol–water partition coefficient (Wildman–Crippen LogP) is 4.76. The molecule has 0 heterocycles. The normalized spacial score (nSPS) is 12.8. The minimum Gasteiger partial charge on any atom is -0.492 e. The lowest BCUT2D eigenvalue weighted by Gasteiger charge is -2.30. The number of aliphatic hydroxyl groups is 1. The molecule has 136 valence electrons. The van der Waals surface area contributed by atoms with E-state index in [0.717, 1.165) is 11.1 Å². The smallest absolute Gasteiger partial charge is 0.416 e. The van der Waals surface area contributed by atoms with Gasteiger partial charge in [0.05, 0.1) is 18.8 Å². The van der Waals surface area contributed by atoms with Gasteiger partial charge in [0.15, 0.2) is 6.10 Å². The van der Waals surface area contributed by atoms with E-state index in [0.29, 0.717) is 23.7 Å². The molecule has 0 aliphatic heterocycles. The first-order chi connectivity index (χ1) is 11.7. The minimum absolute atomic E-state index is 0.388. The van der Waals surface area contributed by atoms with Crippen LogP contribution >= 0.6 is 0 Å². The number of para-hydroxylation sites is 2. The molecule has 0 saturated carbocycles. The van der Waals surface area contributed by atoms with Crippen LogP contribution in [0.25, 0.3) is 0 Å². The summed E-state index contributed by atoms with van der Waals surface area (Å²) in [6.07, 6.45) is -7.17. The number of anilines is 2. The lowest BCUT2D eigenvalue weighted by atomic mass is 10.1. The number of aliphatic hydroxyl groups excluding tert-OH is 1. The SMILES string of the molecule is CCOc1ccccc1N(CC(O)C(F)(F)F)c1cc(C)cc(C)c1. The molecule has 0 aromatic heterocycles. The van der Waals surface area contributed by atoms with E-state index >= 15 is 0 Å². The Labute approximate surface area is 145 Å². The van der Waals surface area contributed by atoms with Crippen molar-refractivity contribution in [1.29, 1.82) is 0 Å². The quantitative estimate of drug-likeness (QED) is 0.812. The van der Waals surface area contributed by atoms with Crippen molar-refractivity contribution in [2.75, 3.05) is 18.1 Å². The molecule has 2 rings (SSSR count). The zero-order valence-corrected chi connectivity index (χ0v) is 14.5. The largest absolute Gasteiger partial charge is 0.492 e. The third-order valence-corrected chi connectivity index (χ3v) is 3.71. The number of hydrogen-bond donors (Lipinski definition) is 1. The molecule has 0 bridgehead atoms. The molecule has 0 fully saturated rings. The van der Waals surface area contributed by atoms with Gasteiger partial charge in [0.2, 0.25) is 0 Å². The lowest BCUT2D eigenvalue weighted by molar-refractivity contribution is -0.199. The Kier molecular flexibility index (Phi) is 5.95. The molecular weight excluding hydrogens is 331 g/mol. The van der Waals surface area contributed by atoms with Crippen LogP contribution in [0.3, 0.4) is 0 Å². The molecule has 3 nitrogen and oxygen atoms in total. The fourth-order valence-corrected chi connectivity index (χ4v) is 2.68. The average molecular weight is 353 g/mol.